The van der Waals surface area contributed by atoms with Crippen molar-refractivity contribution in [3.63, 3.8) is 0 Å². The smallest absolute Gasteiger partial charge is 0.251 e. The lowest BCUT2D eigenvalue weighted by molar-refractivity contribution is 0.504. The Hall–Kier alpha value is -1.60. The van der Waals surface area contributed by atoms with E-state index in [0.29, 0.717) is 18.7 Å². The SMILES string of the molecule is NCCc1cc(=O)[nH]c(-c2ccc(F)c(F)c2Br)n1. The summed E-state index contributed by atoms with van der Waals surface area (Å²) in [7, 11) is 0. The Morgan fingerprint density at radius 3 is 2.79 bits per heavy atom. The van der Waals surface area contributed by atoms with Crippen LogP contribution in [0, 0.1) is 11.6 Å². The maximum atomic E-state index is 13.5. The number of nitrogens with one attached hydrogen (secondary N) is 1. The van der Waals surface area contributed by atoms with Crippen molar-refractivity contribution < 1.29 is 8.78 Å². The van der Waals surface area contributed by atoms with Gasteiger partial charge in [0.1, 0.15) is 5.82 Å². The minimum Gasteiger partial charge on any atom is -0.330 e. The van der Waals surface area contributed by atoms with E-state index in [9.17, 15) is 13.6 Å². The highest BCUT2D eigenvalue weighted by molar-refractivity contribution is 9.10. The van der Waals surface area contributed by atoms with Crippen LogP contribution in [0.1, 0.15) is 5.69 Å². The molecule has 2 aromatic rings. The molecular formula is C12H10BrF2N3O. The summed E-state index contributed by atoms with van der Waals surface area (Å²) in [6.45, 7) is 0.342. The van der Waals surface area contributed by atoms with Crippen LogP contribution in [0.4, 0.5) is 8.78 Å². The van der Waals surface area contributed by atoms with E-state index >= 15 is 0 Å². The van der Waals surface area contributed by atoms with Crippen LogP contribution in [0.15, 0.2) is 27.5 Å². The van der Waals surface area contributed by atoms with Gasteiger partial charge in [-0.05, 0) is 34.6 Å². The quantitative estimate of drug-likeness (QED) is 0.846. The fraction of sp³-hybridized carbons (Fsp3) is 0.167. The fourth-order valence-electron chi connectivity index (χ4n) is 1.62. The van der Waals surface area contributed by atoms with Gasteiger partial charge in [0.2, 0.25) is 0 Å². The predicted octanol–water partition coefficient (Wildman–Crippen LogP) is 1.98. The number of halogens is 3. The van der Waals surface area contributed by atoms with Gasteiger partial charge in [0, 0.05) is 23.7 Å². The van der Waals surface area contributed by atoms with Gasteiger partial charge in [-0.3, -0.25) is 4.79 Å². The molecule has 0 aliphatic heterocycles. The number of benzene rings is 1. The van der Waals surface area contributed by atoms with E-state index in [2.05, 4.69) is 25.9 Å². The Balaban J connectivity index is 2.59. The van der Waals surface area contributed by atoms with Crippen LogP contribution in [0.25, 0.3) is 11.4 Å². The lowest BCUT2D eigenvalue weighted by Crippen LogP contribution is -2.13. The zero-order chi connectivity index (χ0) is 14.0. The van der Waals surface area contributed by atoms with E-state index in [-0.39, 0.29) is 21.4 Å². The highest BCUT2D eigenvalue weighted by Gasteiger charge is 2.14. The molecule has 100 valence electrons. The van der Waals surface area contributed by atoms with Gasteiger partial charge in [0.15, 0.2) is 11.6 Å². The molecule has 1 aromatic carbocycles. The van der Waals surface area contributed by atoms with Crippen LogP contribution in [0.2, 0.25) is 0 Å². The molecule has 0 saturated heterocycles. The zero-order valence-corrected chi connectivity index (χ0v) is 11.3. The molecule has 3 N–H and O–H groups in total. The lowest BCUT2D eigenvalue weighted by Gasteiger charge is -2.07. The van der Waals surface area contributed by atoms with Gasteiger partial charge in [0.25, 0.3) is 5.56 Å². The largest absolute Gasteiger partial charge is 0.330 e. The molecule has 0 bridgehead atoms. The number of nitrogens with zero attached hydrogens (tertiary/aromatic N) is 1. The second-order valence-corrected chi connectivity index (χ2v) is 4.64. The van der Waals surface area contributed by atoms with E-state index in [1.54, 1.807) is 0 Å². The van der Waals surface area contributed by atoms with E-state index in [1.807, 2.05) is 0 Å². The van der Waals surface area contributed by atoms with E-state index < -0.39 is 11.6 Å². The van der Waals surface area contributed by atoms with Crippen molar-refractivity contribution in [3.05, 3.63) is 50.4 Å². The van der Waals surface area contributed by atoms with Crippen LogP contribution in [0.5, 0.6) is 0 Å². The number of H-pyrrole nitrogens is 1. The third kappa shape index (κ3) is 2.87. The van der Waals surface area contributed by atoms with Crippen molar-refractivity contribution in [2.24, 2.45) is 5.73 Å². The van der Waals surface area contributed by atoms with Crippen molar-refractivity contribution in [3.8, 4) is 11.4 Å². The van der Waals surface area contributed by atoms with Gasteiger partial charge in [-0.15, -0.1) is 0 Å². The van der Waals surface area contributed by atoms with Crippen LogP contribution in [-0.4, -0.2) is 16.5 Å². The Bertz CT molecular complexity index is 673. The van der Waals surface area contributed by atoms with Crippen LogP contribution < -0.4 is 11.3 Å². The molecule has 0 aliphatic carbocycles. The minimum absolute atomic E-state index is 0.0828. The predicted molar refractivity (Wildman–Crippen MR) is 70.7 cm³/mol. The molecule has 0 spiro atoms. The van der Waals surface area contributed by atoms with E-state index in [1.165, 1.54) is 12.1 Å². The zero-order valence-electron chi connectivity index (χ0n) is 9.71. The number of nitrogens with two attached hydrogens (primary N) is 1. The van der Waals surface area contributed by atoms with Gasteiger partial charge < -0.3 is 10.7 Å². The van der Waals surface area contributed by atoms with E-state index in [0.717, 1.165) is 6.07 Å². The van der Waals surface area contributed by atoms with Gasteiger partial charge in [-0.25, -0.2) is 13.8 Å². The summed E-state index contributed by atoms with van der Waals surface area (Å²) >= 11 is 2.95. The van der Waals surface area contributed by atoms with Crippen molar-refractivity contribution in [1.82, 2.24) is 9.97 Å². The van der Waals surface area contributed by atoms with Gasteiger partial charge in [-0.1, -0.05) is 0 Å². The molecule has 0 aliphatic rings. The third-order valence-corrected chi connectivity index (χ3v) is 3.26. The van der Waals surface area contributed by atoms with Crippen LogP contribution in [0.3, 0.4) is 0 Å². The summed E-state index contributed by atoms with van der Waals surface area (Å²) in [5.74, 6) is -1.83. The number of rotatable bonds is 3. The number of aromatic nitrogens is 2. The van der Waals surface area contributed by atoms with Crippen molar-refractivity contribution in [2.45, 2.75) is 6.42 Å². The standard InChI is InChI=1S/C12H10BrF2N3O/c13-10-7(1-2-8(14)11(10)15)12-17-6(3-4-16)5-9(19)18-12/h1-2,5H,3-4,16H2,(H,17,18,19). The molecule has 2 rings (SSSR count). The Morgan fingerprint density at radius 2 is 2.11 bits per heavy atom. The van der Waals surface area contributed by atoms with Crippen molar-refractivity contribution in [2.75, 3.05) is 6.54 Å². The highest BCUT2D eigenvalue weighted by Crippen LogP contribution is 2.29. The van der Waals surface area contributed by atoms with Crippen LogP contribution >= 0.6 is 15.9 Å². The fourth-order valence-corrected chi connectivity index (χ4v) is 2.13. The molecule has 0 amide bonds. The summed E-state index contributed by atoms with van der Waals surface area (Å²) in [6.07, 6.45) is 0.429. The summed E-state index contributed by atoms with van der Waals surface area (Å²) in [4.78, 5) is 18.2. The first-order valence-electron chi connectivity index (χ1n) is 5.47. The molecule has 0 unspecified atom stereocenters. The van der Waals surface area contributed by atoms with Crippen molar-refractivity contribution >= 4 is 15.9 Å². The van der Waals surface area contributed by atoms with Gasteiger partial charge in [-0.2, -0.15) is 0 Å². The number of hydrogen-bond acceptors (Lipinski definition) is 3. The Kier molecular flexibility index (Phi) is 4.06. The molecule has 7 heteroatoms. The molecule has 0 saturated carbocycles. The molecule has 4 nitrogen and oxygen atoms in total. The lowest BCUT2D eigenvalue weighted by atomic mass is 10.2. The topological polar surface area (TPSA) is 71.8 Å². The molecule has 0 radical (unpaired) electrons. The summed E-state index contributed by atoms with van der Waals surface area (Å²) < 4.78 is 26.4. The maximum Gasteiger partial charge on any atom is 0.251 e. The van der Waals surface area contributed by atoms with E-state index in [4.69, 9.17) is 5.73 Å². The maximum absolute atomic E-state index is 13.5. The second kappa shape index (κ2) is 5.58. The number of aromatic amines is 1. The van der Waals surface area contributed by atoms with Crippen molar-refractivity contribution in [1.29, 1.82) is 0 Å². The van der Waals surface area contributed by atoms with Gasteiger partial charge >= 0.3 is 0 Å². The highest BCUT2D eigenvalue weighted by atomic mass is 79.9. The third-order valence-electron chi connectivity index (χ3n) is 2.49. The molecule has 1 heterocycles. The Morgan fingerprint density at radius 1 is 1.37 bits per heavy atom. The average Bonchev–Trinajstić information content (AvgIpc) is 2.36. The normalized spacial score (nSPS) is 10.7. The molecular weight excluding hydrogens is 320 g/mol. The summed E-state index contributed by atoms with van der Waals surface area (Å²) in [5, 5.41) is 0. The Labute approximate surface area is 115 Å². The molecule has 19 heavy (non-hydrogen) atoms. The number of hydrogen-bond donors (Lipinski definition) is 2. The molecule has 1 aromatic heterocycles. The molecule has 0 fully saturated rings. The second-order valence-electron chi connectivity index (χ2n) is 3.85. The first-order valence-corrected chi connectivity index (χ1v) is 6.26. The first kappa shape index (κ1) is 13.8. The monoisotopic (exact) mass is 329 g/mol. The summed E-state index contributed by atoms with van der Waals surface area (Å²) in [6, 6.07) is 3.64. The summed E-state index contributed by atoms with van der Waals surface area (Å²) in [5.41, 5.74) is 5.80. The molecule has 0 atom stereocenters. The van der Waals surface area contributed by atoms with Gasteiger partial charge in [0.05, 0.1) is 4.47 Å². The van der Waals surface area contributed by atoms with Crippen LogP contribution in [-0.2, 0) is 6.42 Å². The minimum atomic E-state index is -1.02. The average molecular weight is 330 g/mol. The first-order chi connectivity index (χ1) is 9.02.